The first-order valence-electron chi connectivity index (χ1n) is 9.96. The molecular formula is C23H24N4O5S. The number of nitrogens with zero attached hydrogens (tertiary/aromatic N) is 3. The fourth-order valence-corrected chi connectivity index (χ4v) is 4.12. The van der Waals surface area contributed by atoms with E-state index >= 15 is 0 Å². The lowest BCUT2D eigenvalue weighted by molar-refractivity contribution is -0.138. The number of carbonyl (C=O) groups is 1. The van der Waals surface area contributed by atoms with Crippen molar-refractivity contribution in [3.05, 3.63) is 78.4 Å². The molecule has 33 heavy (non-hydrogen) atoms. The molecule has 0 saturated heterocycles. The van der Waals surface area contributed by atoms with E-state index in [1.807, 2.05) is 43.3 Å². The minimum Gasteiger partial charge on any atom is -0.508 e. The molecule has 0 fully saturated rings. The third-order valence-corrected chi connectivity index (χ3v) is 6.25. The highest BCUT2D eigenvalue weighted by Crippen LogP contribution is 2.22. The topological polar surface area (TPSA) is 132 Å². The third kappa shape index (κ3) is 6.61. The van der Waals surface area contributed by atoms with Gasteiger partial charge in [0, 0.05) is 19.8 Å². The second-order valence-corrected chi connectivity index (χ2v) is 9.20. The zero-order valence-electron chi connectivity index (χ0n) is 18.1. The molecule has 0 heterocycles. The van der Waals surface area contributed by atoms with Crippen molar-refractivity contribution in [2.75, 3.05) is 19.0 Å². The molecule has 0 aromatic heterocycles. The third-order valence-electron chi connectivity index (χ3n) is 4.77. The van der Waals surface area contributed by atoms with E-state index in [4.69, 9.17) is 0 Å². The average molecular weight is 469 g/mol. The van der Waals surface area contributed by atoms with Crippen LogP contribution < -0.4 is 9.62 Å². The Morgan fingerprint density at radius 3 is 1.91 bits per heavy atom. The van der Waals surface area contributed by atoms with Gasteiger partial charge in [-0.15, -0.1) is 0 Å². The Morgan fingerprint density at radius 2 is 1.42 bits per heavy atom. The molecule has 0 aliphatic rings. The Hall–Kier alpha value is -3.76. The van der Waals surface area contributed by atoms with Crippen molar-refractivity contribution in [2.45, 2.75) is 17.4 Å². The molecule has 0 radical (unpaired) electrons. The smallest absolute Gasteiger partial charge is 0.322 e. The van der Waals surface area contributed by atoms with Crippen molar-refractivity contribution in [1.82, 2.24) is 4.72 Å². The van der Waals surface area contributed by atoms with Gasteiger partial charge >= 0.3 is 5.97 Å². The molecule has 0 bridgehead atoms. The van der Waals surface area contributed by atoms with Crippen LogP contribution in [-0.4, -0.2) is 44.7 Å². The molecule has 172 valence electrons. The van der Waals surface area contributed by atoms with Crippen molar-refractivity contribution < 1.29 is 23.4 Å². The number of phenolic OH excluding ortho intramolecular Hbond substituents is 1. The quantitative estimate of drug-likeness (QED) is 0.409. The van der Waals surface area contributed by atoms with Crippen LogP contribution in [0.2, 0.25) is 0 Å². The molecule has 10 heteroatoms. The van der Waals surface area contributed by atoms with Gasteiger partial charge in [0.05, 0.1) is 16.3 Å². The number of nitrogens with one attached hydrogen (secondary N) is 1. The Labute approximate surface area is 192 Å². The highest BCUT2D eigenvalue weighted by molar-refractivity contribution is 7.89. The van der Waals surface area contributed by atoms with E-state index in [1.54, 1.807) is 0 Å². The summed E-state index contributed by atoms with van der Waals surface area (Å²) in [6, 6.07) is 17.6. The molecule has 3 N–H and O–H groups in total. The Balaban J connectivity index is 1.69. The summed E-state index contributed by atoms with van der Waals surface area (Å²) in [5.41, 5.74) is 2.69. The Kier molecular flexibility index (Phi) is 7.41. The number of anilines is 1. The maximum atomic E-state index is 12.7. The molecule has 0 aliphatic carbocycles. The molecule has 1 atom stereocenters. The molecule has 3 rings (SSSR count). The fourth-order valence-electron chi connectivity index (χ4n) is 2.93. The molecule has 0 amide bonds. The van der Waals surface area contributed by atoms with Crippen molar-refractivity contribution in [3.63, 3.8) is 0 Å². The number of hydrogen-bond donors (Lipinski definition) is 3. The van der Waals surface area contributed by atoms with Crippen LogP contribution in [0.15, 0.2) is 87.9 Å². The van der Waals surface area contributed by atoms with E-state index in [2.05, 4.69) is 15.0 Å². The zero-order valence-corrected chi connectivity index (χ0v) is 18.9. The first kappa shape index (κ1) is 23.9. The van der Waals surface area contributed by atoms with Gasteiger partial charge < -0.3 is 15.1 Å². The number of sulfonamides is 1. The van der Waals surface area contributed by atoms with Crippen molar-refractivity contribution in [1.29, 1.82) is 0 Å². The van der Waals surface area contributed by atoms with Crippen LogP contribution in [0.3, 0.4) is 0 Å². The van der Waals surface area contributed by atoms with Crippen LogP contribution in [0.25, 0.3) is 0 Å². The van der Waals surface area contributed by atoms with Gasteiger partial charge in [-0.25, -0.2) is 8.42 Å². The van der Waals surface area contributed by atoms with Crippen LogP contribution in [0.5, 0.6) is 5.75 Å². The highest BCUT2D eigenvalue weighted by atomic mass is 32.2. The van der Waals surface area contributed by atoms with Gasteiger partial charge in [-0.3, -0.25) is 4.79 Å². The minimum atomic E-state index is -4.09. The van der Waals surface area contributed by atoms with E-state index < -0.39 is 22.0 Å². The highest BCUT2D eigenvalue weighted by Gasteiger charge is 2.25. The maximum absolute atomic E-state index is 12.7. The first-order valence-corrected chi connectivity index (χ1v) is 11.4. The van der Waals surface area contributed by atoms with Gasteiger partial charge in [0.2, 0.25) is 10.0 Å². The number of azo groups is 1. The minimum absolute atomic E-state index is 0.0361. The summed E-state index contributed by atoms with van der Waals surface area (Å²) >= 11 is 0. The van der Waals surface area contributed by atoms with Crippen LogP contribution >= 0.6 is 0 Å². The average Bonchev–Trinajstić information content (AvgIpc) is 2.79. The van der Waals surface area contributed by atoms with E-state index in [1.165, 1.54) is 48.5 Å². The van der Waals surface area contributed by atoms with Crippen LogP contribution in [0.1, 0.15) is 5.56 Å². The van der Waals surface area contributed by atoms with E-state index in [-0.39, 0.29) is 17.1 Å². The van der Waals surface area contributed by atoms with Crippen molar-refractivity contribution in [2.24, 2.45) is 10.2 Å². The van der Waals surface area contributed by atoms with Gasteiger partial charge in [-0.05, 0) is 72.6 Å². The van der Waals surface area contributed by atoms with Gasteiger partial charge in [0.25, 0.3) is 0 Å². The predicted octanol–water partition coefficient (Wildman–Crippen LogP) is 3.85. The van der Waals surface area contributed by atoms with Crippen LogP contribution in [0, 0.1) is 0 Å². The van der Waals surface area contributed by atoms with Gasteiger partial charge in [-0.1, -0.05) is 12.1 Å². The Bertz CT molecular complexity index is 1220. The largest absolute Gasteiger partial charge is 0.508 e. The van der Waals surface area contributed by atoms with E-state index in [0.29, 0.717) is 16.9 Å². The van der Waals surface area contributed by atoms with Crippen LogP contribution in [0.4, 0.5) is 17.1 Å². The molecule has 0 unspecified atom stereocenters. The standard InChI is InChI=1S/C23H24N4O5S/c1-27(2)19-9-5-17(6-10-19)24-25-18-7-13-21(14-8-18)33(31,32)26-22(23(29)30)15-16-3-11-20(28)12-4-16/h3-14,22,26,28H,15H2,1-2H3,(H,29,30)/t22-/m0/s1. The normalized spacial score (nSPS) is 12.5. The maximum Gasteiger partial charge on any atom is 0.322 e. The van der Waals surface area contributed by atoms with Crippen LogP contribution in [-0.2, 0) is 21.2 Å². The second-order valence-electron chi connectivity index (χ2n) is 7.49. The number of phenols is 1. The number of aliphatic carboxylic acids is 1. The summed E-state index contributed by atoms with van der Waals surface area (Å²) in [5, 5.41) is 27.1. The van der Waals surface area contributed by atoms with E-state index in [0.717, 1.165) is 5.69 Å². The van der Waals surface area contributed by atoms with Crippen molar-refractivity contribution >= 4 is 33.1 Å². The summed E-state index contributed by atoms with van der Waals surface area (Å²) in [6.45, 7) is 0. The molecule has 9 nitrogen and oxygen atoms in total. The molecular weight excluding hydrogens is 444 g/mol. The lowest BCUT2D eigenvalue weighted by Gasteiger charge is -2.15. The lowest BCUT2D eigenvalue weighted by atomic mass is 10.1. The summed E-state index contributed by atoms with van der Waals surface area (Å²) in [7, 11) is -0.212. The Morgan fingerprint density at radius 1 is 0.909 bits per heavy atom. The monoisotopic (exact) mass is 468 g/mol. The lowest BCUT2D eigenvalue weighted by Crippen LogP contribution is -2.42. The first-order chi connectivity index (χ1) is 15.6. The number of rotatable bonds is 9. The fraction of sp³-hybridized carbons (Fsp3) is 0.174. The van der Waals surface area contributed by atoms with Gasteiger partial charge in [-0.2, -0.15) is 15.0 Å². The number of benzene rings is 3. The summed E-state index contributed by atoms with van der Waals surface area (Å²) in [6.07, 6.45) is -0.0756. The predicted molar refractivity (Wildman–Crippen MR) is 125 cm³/mol. The summed E-state index contributed by atoms with van der Waals surface area (Å²) < 4.78 is 27.6. The molecule has 0 aliphatic heterocycles. The SMILES string of the molecule is CN(C)c1ccc(N=Nc2ccc(S(=O)(=O)N[C@@H](Cc3ccc(O)cc3)C(=O)O)cc2)cc1. The number of carboxylic acids is 1. The number of aromatic hydroxyl groups is 1. The van der Waals surface area contributed by atoms with Crippen molar-refractivity contribution in [3.8, 4) is 5.75 Å². The number of carboxylic acid groups (broad SMARTS) is 1. The molecule has 0 saturated carbocycles. The second kappa shape index (κ2) is 10.2. The molecule has 3 aromatic carbocycles. The van der Waals surface area contributed by atoms with Gasteiger partial charge in [0.15, 0.2) is 0 Å². The van der Waals surface area contributed by atoms with E-state index in [9.17, 15) is 23.4 Å². The number of hydrogen-bond acceptors (Lipinski definition) is 7. The molecule has 3 aromatic rings. The summed E-state index contributed by atoms with van der Waals surface area (Å²) in [5.74, 6) is -1.27. The summed E-state index contributed by atoms with van der Waals surface area (Å²) in [4.78, 5) is 13.5. The van der Waals surface area contributed by atoms with Gasteiger partial charge in [0.1, 0.15) is 11.8 Å². The zero-order chi connectivity index (χ0) is 24.0. The molecule has 0 spiro atoms.